The van der Waals surface area contributed by atoms with Crippen LogP contribution in [-0.4, -0.2) is 12.6 Å². The Bertz CT molecular complexity index is 204. The molecule has 80 valence electrons. The van der Waals surface area contributed by atoms with Crippen molar-refractivity contribution in [1.82, 2.24) is 0 Å². The van der Waals surface area contributed by atoms with E-state index in [1.807, 2.05) is 26.0 Å². The number of allylic oxidation sites excluding steroid dienone is 3. The van der Waals surface area contributed by atoms with E-state index in [0.717, 1.165) is 24.8 Å². The number of unbranched alkanes of at least 4 members (excludes halogenated alkanes) is 1. The maximum Gasteiger partial charge on any atom is 0.305 e. The van der Waals surface area contributed by atoms with E-state index in [0.29, 0.717) is 13.0 Å². The van der Waals surface area contributed by atoms with Crippen molar-refractivity contribution in [2.75, 3.05) is 6.61 Å². The Morgan fingerprint density at radius 2 is 2.00 bits per heavy atom. The molecule has 0 unspecified atom stereocenters. The van der Waals surface area contributed by atoms with Crippen molar-refractivity contribution in [1.29, 1.82) is 0 Å². The summed E-state index contributed by atoms with van der Waals surface area (Å²) < 4.78 is 4.82. The fourth-order valence-electron chi connectivity index (χ4n) is 1.17. The topological polar surface area (TPSA) is 26.3 Å². The van der Waals surface area contributed by atoms with Gasteiger partial charge in [0.25, 0.3) is 0 Å². The molecular formula is C12H20O2. The van der Waals surface area contributed by atoms with Gasteiger partial charge in [-0.05, 0) is 33.1 Å². The summed E-state index contributed by atoms with van der Waals surface area (Å²) in [6.07, 6.45) is 7.36. The van der Waals surface area contributed by atoms with Gasteiger partial charge in [0.1, 0.15) is 0 Å². The zero-order chi connectivity index (χ0) is 10.8. The van der Waals surface area contributed by atoms with E-state index in [4.69, 9.17) is 4.74 Å². The highest BCUT2D eigenvalue weighted by Crippen LogP contribution is 2.08. The van der Waals surface area contributed by atoms with Gasteiger partial charge in [-0.15, -0.1) is 0 Å². The average molecular weight is 196 g/mol. The van der Waals surface area contributed by atoms with E-state index in [-0.39, 0.29) is 5.97 Å². The van der Waals surface area contributed by atoms with Gasteiger partial charge in [-0.1, -0.05) is 24.3 Å². The molecule has 0 radical (unpaired) electrons. The predicted molar refractivity (Wildman–Crippen MR) is 59.1 cm³/mol. The lowest BCUT2D eigenvalue weighted by atomic mass is 10.1. The summed E-state index contributed by atoms with van der Waals surface area (Å²) in [5.74, 6) is -0.0934. The van der Waals surface area contributed by atoms with E-state index in [2.05, 4.69) is 6.58 Å². The Morgan fingerprint density at radius 3 is 2.57 bits per heavy atom. The molecule has 0 aliphatic heterocycles. The van der Waals surface area contributed by atoms with Crippen LogP contribution in [0.1, 0.15) is 39.5 Å². The lowest BCUT2D eigenvalue weighted by Gasteiger charge is -2.01. The fraction of sp³-hybridized carbons (Fsp3) is 0.583. The number of ether oxygens (including phenoxy) is 1. The quantitative estimate of drug-likeness (QED) is 0.355. The summed E-state index contributed by atoms with van der Waals surface area (Å²) in [5.41, 5.74) is 1.12. The molecule has 0 N–H and O–H groups in total. The van der Waals surface area contributed by atoms with Crippen molar-refractivity contribution in [3.05, 3.63) is 24.3 Å². The van der Waals surface area contributed by atoms with Gasteiger partial charge in [-0.3, -0.25) is 4.79 Å². The summed E-state index contributed by atoms with van der Waals surface area (Å²) >= 11 is 0. The predicted octanol–water partition coefficient (Wildman–Crippen LogP) is 3.24. The van der Waals surface area contributed by atoms with Crippen molar-refractivity contribution in [3.63, 3.8) is 0 Å². The Balaban J connectivity index is 3.37. The SMILES string of the molecule is C=C(C=CC)CCCCC(=O)OCC. The lowest BCUT2D eigenvalue weighted by molar-refractivity contribution is -0.143. The lowest BCUT2D eigenvalue weighted by Crippen LogP contribution is -2.03. The van der Waals surface area contributed by atoms with Crippen LogP contribution in [0.4, 0.5) is 0 Å². The van der Waals surface area contributed by atoms with Gasteiger partial charge in [0.15, 0.2) is 0 Å². The maximum atomic E-state index is 11.0. The number of rotatable bonds is 7. The first-order chi connectivity index (χ1) is 6.70. The Labute approximate surface area is 86.6 Å². The monoisotopic (exact) mass is 196 g/mol. The second-order valence-electron chi connectivity index (χ2n) is 3.17. The third kappa shape index (κ3) is 7.59. The molecule has 0 rings (SSSR count). The van der Waals surface area contributed by atoms with Gasteiger partial charge in [-0.25, -0.2) is 0 Å². The molecule has 2 nitrogen and oxygen atoms in total. The molecule has 0 aliphatic rings. The summed E-state index contributed by atoms with van der Waals surface area (Å²) in [4.78, 5) is 11.0. The number of hydrogen-bond acceptors (Lipinski definition) is 2. The van der Waals surface area contributed by atoms with Crippen LogP contribution in [0.25, 0.3) is 0 Å². The van der Waals surface area contributed by atoms with E-state index >= 15 is 0 Å². The van der Waals surface area contributed by atoms with Crippen molar-refractivity contribution in [3.8, 4) is 0 Å². The molecule has 0 atom stereocenters. The Morgan fingerprint density at radius 1 is 1.36 bits per heavy atom. The van der Waals surface area contributed by atoms with Gasteiger partial charge in [0, 0.05) is 6.42 Å². The third-order valence-corrected chi connectivity index (χ3v) is 1.84. The van der Waals surface area contributed by atoms with Crippen molar-refractivity contribution < 1.29 is 9.53 Å². The molecule has 0 saturated heterocycles. The van der Waals surface area contributed by atoms with Gasteiger partial charge >= 0.3 is 5.97 Å². The molecule has 0 fully saturated rings. The zero-order valence-corrected chi connectivity index (χ0v) is 9.21. The molecule has 0 aliphatic carbocycles. The molecule has 0 heterocycles. The first-order valence-electron chi connectivity index (χ1n) is 5.16. The number of esters is 1. The van der Waals surface area contributed by atoms with Crippen LogP contribution in [0.2, 0.25) is 0 Å². The molecule has 0 spiro atoms. The first kappa shape index (κ1) is 12.9. The van der Waals surface area contributed by atoms with E-state index in [9.17, 15) is 4.79 Å². The third-order valence-electron chi connectivity index (χ3n) is 1.84. The molecule has 0 aromatic heterocycles. The highest BCUT2D eigenvalue weighted by atomic mass is 16.5. The van der Waals surface area contributed by atoms with Crippen molar-refractivity contribution in [2.24, 2.45) is 0 Å². The highest BCUT2D eigenvalue weighted by molar-refractivity contribution is 5.69. The van der Waals surface area contributed by atoms with Crippen LogP contribution >= 0.6 is 0 Å². The van der Waals surface area contributed by atoms with E-state index in [1.54, 1.807) is 0 Å². The molecule has 0 aromatic carbocycles. The largest absolute Gasteiger partial charge is 0.466 e. The second kappa shape index (κ2) is 8.54. The fourth-order valence-corrected chi connectivity index (χ4v) is 1.17. The van der Waals surface area contributed by atoms with Crippen molar-refractivity contribution in [2.45, 2.75) is 39.5 Å². The van der Waals surface area contributed by atoms with E-state index in [1.165, 1.54) is 0 Å². The Hall–Kier alpha value is -1.05. The zero-order valence-electron chi connectivity index (χ0n) is 9.21. The maximum absolute atomic E-state index is 11.0. The van der Waals surface area contributed by atoms with Crippen LogP contribution < -0.4 is 0 Å². The minimum atomic E-state index is -0.0934. The number of carbonyl (C=O) groups excluding carboxylic acids is 1. The summed E-state index contributed by atoms with van der Waals surface area (Å²) in [6.45, 7) is 8.17. The first-order valence-corrected chi connectivity index (χ1v) is 5.16. The second-order valence-corrected chi connectivity index (χ2v) is 3.17. The minimum absolute atomic E-state index is 0.0934. The highest BCUT2D eigenvalue weighted by Gasteiger charge is 2.00. The summed E-state index contributed by atoms with van der Waals surface area (Å²) in [6, 6.07) is 0. The average Bonchev–Trinajstić information content (AvgIpc) is 2.13. The number of hydrogen-bond donors (Lipinski definition) is 0. The van der Waals surface area contributed by atoms with Crippen LogP contribution in [0.15, 0.2) is 24.3 Å². The van der Waals surface area contributed by atoms with Gasteiger partial charge in [0.05, 0.1) is 6.61 Å². The van der Waals surface area contributed by atoms with E-state index < -0.39 is 0 Å². The molecule has 14 heavy (non-hydrogen) atoms. The molecule has 0 bridgehead atoms. The summed E-state index contributed by atoms with van der Waals surface area (Å²) in [5, 5.41) is 0. The molecule has 0 saturated carbocycles. The van der Waals surface area contributed by atoms with Crippen LogP contribution in [-0.2, 0) is 9.53 Å². The molecular weight excluding hydrogens is 176 g/mol. The van der Waals surface area contributed by atoms with Gasteiger partial charge in [-0.2, -0.15) is 0 Å². The molecule has 0 amide bonds. The Kier molecular flexibility index (Phi) is 7.90. The molecule has 2 heteroatoms. The molecule has 0 aromatic rings. The number of carbonyl (C=O) groups is 1. The standard InChI is InChI=1S/C12H20O2/c1-4-8-11(3)9-6-7-10-12(13)14-5-2/h4,8H,3,5-7,9-10H2,1-2H3. The smallest absolute Gasteiger partial charge is 0.305 e. The summed E-state index contributed by atoms with van der Waals surface area (Å²) in [7, 11) is 0. The van der Waals surface area contributed by atoms with Gasteiger partial charge < -0.3 is 4.74 Å². The van der Waals surface area contributed by atoms with Gasteiger partial charge in [0.2, 0.25) is 0 Å². The van der Waals surface area contributed by atoms with Crippen LogP contribution in [0, 0.1) is 0 Å². The normalized spacial score (nSPS) is 10.4. The van der Waals surface area contributed by atoms with Crippen molar-refractivity contribution >= 4 is 5.97 Å². The van der Waals surface area contributed by atoms with Crippen LogP contribution in [0.5, 0.6) is 0 Å². The minimum Gasteiger partial charge on any atom is -0.466 e. The van der Waals surface area contributed by atoms with Crippen LogP contribution in [0.3, 0.4) is 0 Å².